The first kappa shape index (κ1) is 34.9. The Balaban J connectivity index is 3.20. The van der Waals surface area contributed by atoms with Crippen molar-refractivity contribution in [2.45, 2.75) is 181 Å². The quantitative estimate of drug-likeness (QED) is 0.0741. The number of carbonyl (C=O) groups excluding carboxylic acids is 2. The van der Waals surface area contributed by atoms with Crippen LogP contribution in [0.3, 0.4) is 0 Å². The molecule has 0 atom stereocenters. The van der Waals surface area contributed by atoms with Gasteiger partial charge in [0.2, 0.25) is 0 Å². The minimum absolute atomic E-state index is 0.00788. The van der Waals surface area contributed by atoms with Crippen LogP contribution in [0.1, 0.15) is 181 Å². The molecule has 0 aromatic heterocycles. The monoisotopic (exact) mass is 510 g/mol. The predicted molar refractivity (Wildman–Crippen MR) is 153 cm³/mol. The lowest BCUT2D eigenvalue weighted by Crippen LogP contribution is -2.05. The third kappa shape index (κ3) is 29.2. The molecule has 214 valence electrons. The van der Waals surface area contributed by atoms with E-state index in [0.717, 1.165) is 51.4 Å². The molecule has 0 aliphatic rings. The first-order valence-corrected chi connectivity index (χ1v) is 16.0. The fourth-order valence-electron chi connectivity index (χ4n) is 4.59. The molecule has 0 radical (unpaired) electrons. The summed E-state index contributed by atoms with van der Waals surface area (Å²) in [7, 11) is 0. The third-order valence-electron chi connectivity index (χ3n) is 7.03. The minimum atomic E-state index is -0.00788. The van der Waals surface area contributed by atoms with Crippen LogP contribution in [-0.4, -0.2) is 25.2 Å². The lowest BCUT2D eigenvalue weighted by atomic mass is 10.1. The largest absolute Gasteiger partial charge is 0.466 e. The van der Waals surface area contributed by atoms with Crippen LogP contribution in [0, 0.1) is 0 Å². The molecule has 0 N–H and O–H groups in total. The maximum absolute atomic E-state index is 11.8. The number of hydrogen-bond donors (Lipinski definition) is 0. The van der Waals surface area contributed by atoms with E-state index in [2.05, 4.69) is 13.8 Å². The van der Waals surface area contributed by atoms with Gasteiger partial charge in [-0.2, -0.15) is 0 Å². The van der Waals surface area contributed by atoms with E-state index in [0.29, 0.717) is 26.1 Å². The molecule has 0 aliphatic heterocycles. The number of ether oxygens (including phenoxy) is 2. The maximum Gasteiger partial charge on any atom is 0.305 e. The zero-order valence-electron chi connectivity index (χ0n) is 24.4. The van der Waals surface area contributed by atoms with Crippen molar-refractivity contribution in [1.29, 1.82) is 0 Å². The lowest BCUT2D eigenvalue weighted by molar-refractivity contribution is -0.144. The lowest BCUT2D eigenvalue weighted by Gasteiger charge is -2.06. The first-order valence-electron chi connectivity index (χ1n) is 16.0. The summed E-state index contributed by atoms with van der Waals surface area (Å²) >= 11 is 0. The Morgan fingerprint density at radius 2 is 0.611 bits per heavy atom. The normalized spacial score (nSPS) is 11.1. The van der Waals surface area contributed by atoms with Crippen LogP contribution in [0.25, 0.3) is 0 Å². The first-order chi connectivity index (χ1) is 17.7. The van der Waals surface area contributed by atoms with Crippen LogP contribution in [0.2, 0.25) is 0 Å². The van der Waals surface area contributed by atoms with E-state index in [1.54, 1.807) is 0 Å². The fraction of sp³-hybridized carbons (Fsp3) is 0.938. The van der Waals surface area contributed by atoms with Crippen molar-refractivity contribution in [2.75, 3.05) is 13.2 Å². The van der Waals surface area contributed by atoms with Gasteiger partial charge in [0.15, 0.2) is 0 Å². The standard InChI is InChI=1S/C32H62O4/c1-3-5-7-9-15-19-23-27-31(33)35-29-25-21-17-13-11-12-14-18-22-26-30-36-32(34)28-24-20-16-10-8-6-4-2/h3-30H2,1-2H3. The van der Waals surface area contributed by atoms with Crippen LogP contribution >= 0.6 is 0 Å². The van der Waals surface area contributed by atoms with Gasteiger partial charge in [-0.25, -0.2) is 0 Å². The summed E-state index contributed by atoms with van der Waals surface area (Å²) in [4.78, 5) is 23.5. The average molecular weight is 511 g/mol. The highest BCUT2D eigenvalue weighted by atomic mass is 16.5. The van der Waals surface area contributed by atoms with Crippen molar-refractivity contribution in [3.63, 3.8) is 0 Å². The second-order valence-corrected chi connectivity index (χ2v) is 10.7. The van der Waals surface area contributed by atoms with E-state index in [4.69, 9.17) is 9.47 Å². The van der Waals surface area contributed by atoms with Crippen LogP contribution in [-0.2, 0) is 19.1 Å². The Morgan fingerprint density at radius 3 is 0.917 bits per heavy atom. The highest BCUT2D eigenvalue weighted by Crippen LogP contribution is 2.12. The third-order valence-corrected chi connectivity index (χ3v) is 7.03. The predicted octanol–water partition coefficient (Wildman–Crippen LogP) is 10.3. The number of hydrogen-bond acceptors (Lipinski definition) is 4. The van der Waals surface area contributed by atoms with Gasteiger partial charge in [0, 0.05) is 12.8 Å². The Morgan fingerprint density at radius 1 is 0.361 bits per heavy atom. The molecule has 0 fully saturated rings. The molecule has 0 unspecified atom stereocenters. The topological polar surface area (TPSA) is 52.6 Å². The van der Waals surface area contributed by atoms with E-state index in [1.807, 2.05) is 0 Å². The van der Waals surface area contributed by atoms with Crippen molar-refractivity contribution in [2.24, 2.45) is 0 Å². The summed E-state index contributed by atoms with van der Waals surface area (Å²) < 4.78 is 10.7. The van der Waals surface area contributed by atoms with Gasteiger partial charge in [0.1, 0.15) is 0 Å². The van der Waals surface area contributed by atoms with Crippen LogP contribution < -0.4 is 0 Å². The van der Waals surface area contributed by atoms with Crippen molar-refractivity contribution in [3.05, 3.63) is 0 Å². The molecule has 0 heterocycles. The zero-order chi connectivity index (χ0) is 26.4. The summed E-state index contributed by atoms with van der Waals surface area (Å²) in [6, 6.07) is 0. The summed E-state index contributed by atoms with van der Waals surface area (Å²) in [5.74, 6) is -0.0158. The molecule has 0 saturated heterocycles. The van der Waals surface area contributed by atoms with Gasteiger partial charge < -0.3 is 9.47 Å². The highest BCUT2D eigenvalue weighted by molar-refractivity contribution is 5.69. The van der Waals surface area contributed by atoms with Gasteiger partial charge in [-0.15, -0.1) is 0 Å². The highest BCUT2D eigenvalue weighted by Gasteiger charge is 2.04. The smallest absolute Gasteiger partial charge is 0.305 e. The van der Waals surface area contributed by atoms with Gasteiger partial charge in [-0.1, -0.05) is 142 Å². The molecule has 36 heavy (non-hydrogen) atoms. The van der Waals surface area contributed by atoms with Gasteiger partial charge in [0.05, 0.1) is 13.2 Å². The van der Waals surface area contributed by atoms with Gasteiger partial charge in [-0.3, -0.25) is 9.59 Å². The molecule has 0 aromatic carbocycles. The Hall–Kier alpha value is -1.06. The van der Waals surface area contributed by atoms with Crippen molar-refractivity contribution < 1.29 is 19.1 Å². The molecule has 0 amide bonds. The molecule has 4 heteroatoms. The summed E-state index contributed by atoms with van der Waals surface area (Å²) in [6.45, 7) is 5.67. The second-order valence-electron chi connectivity index (χ2n) is 10.7. The van der Waals surface area contributed by atoms with E-state index >= 15 is 0 Å². The molecular weight excluding hydrogens is 448 g/mol. The Labute approximate surface area is 225 Å². The van der Waals surface area contributed by atoms with E-state index in [9.17, 15) is 9.59 Å². The molecule has 0 aromatic rings. The molecule has 0 saturated carbocycles. The minimum Gasteiger partial charge on any atom is -0.466 e. The van der Waals surface area contributed by atoms with Crippen LogP contribution in [0.5, 0.6) is 0 Å². The number of esters is 2. The molecule has 0 bridgehead atoms. The van der Waals surface area contributed by atoms with Crippen LogP contribution in [0.4, 0.5) is 0 Å². The number of rotatable bonds is 29. The molecule has 0 aliphatic carbocycles. The van der Waals surface area contributed by atoms with E-state index in [1.165, 1.54) is 103 Å². The Kier molecular flexibility index (Phi) is 29.3. The number of unbranched alkanes of at least 4 members (excludes halogenated alkanes) is 21. The molecule has 0 rings (SSSR count). The zero-order valence-corrected chi connectivity index (χ0v) is 24.4. The molecule has 4 nitrogen and oxygen atoms in total. The SMILES string of the molecule is CCCCCCCCCC(=O)OCCCCCCCCCCCCOC(=O)CCCCCCCCC. The van der Waals surface area contributed by atoms with Gasteiger partial charge in [0.25, 0.3) is 0 Å². The van der Waals surface area contributed by atoms with Gasteiger partial charge in [-0.05, 0) is 25.7 Å². The average Bonchev–Trinajstić information content (AvgIpc) is 2.87. The van der Waals surface area contributed by atoms with E-state index < -0.39 is 0 Å². The number of carbonyl (C=O) groups is 2. The van der Waals surface area contributed by atoms with Crippen molar-refractivity contribution in [3.8, 4) is 0 Å². The van der Waals surface area contributed by atoms with Crippen LogP contribution in [0.15, 0.2) is 0 Å². The summed E-state index contributed by atoms with van der Waals surface area (Å²) in [5, 5.41) is 0. The van der Waals surface area contributed by atoms with Gasteiger partial charge >= 0.3 is 11.9 Å². The van der Waals surface area contributed by atoms with Crippen molar-refractivity contribution >= 4 is 11.9 Å². The summed E-state index contributed by atoms with van der Waals surface area (Å²) in [6.07, 6.45) is 30.4. The molecule has 0 spiro atoms. The fourth-order valence-corrected chi connectivity index (χ4v) is 4.59. The maximum atomic E-state index is 11.8. The van der Waals surface area contributed by atoms with E-state index in [-0.39, 0.29) is 11.9 Å². The second kappa shape index (κ2) is 30.2. The Bertz CT molecular complexity index is 421. The van der Waals surface area contributed by atoms with Crippen molar-refractivity contribution in [1.82, 2.24) is 0 Å². The summed E-state index contributed by atoms with van der Waals surface area (Å²) in [5.41, 5.74) is 0. The molecular formula is C32H62O4.